The van der Waals surface area contributed by atoms with E-state index in [1.807, 2.05) is 58.8 Å². The first-order valence-electron chi connectivity index (χ1n) is 13.0. The minimum absolute atomic E-state index is 0.00195. The molecule has 0 saturated carbocycles. The number of hydrogen-bond donors (Lipinski definition) is 0. The quantitative estimate of drug-likeness (QED) is 0.192. The first-order valence-corrected chi connectivity index (χ1v) is 13.9. The minimum atomic E-state index is -0.199. The highest BCUT2D eigenvalue weighted by Gasteiger charge is 2.21. The van der Waals surface area contributed by atoms with Crippen molar-refractivity contribution in [3.8, 4) is 11.5 Å². The maximum atomic E-state index is 13.7. The molecule has 0 bridgehead atoms. The molecular weight excluding hydrogens is 512 g/mol. The molecule has 39 heavy (non-hydrogen) atoms. The summed E-state index contributed by atoms with van der Waals surface area (Å²) in [6.07, 6.45) is 4.60. The highest BCUT2D eigenvalue weighted by atomic mass is 32.1. The third-order valence-electron chi connectivity index (χ3n) is 6.41. The fraction of sp³-hybridized carbons (Fsp3) is 0.355. The summed E-state index contributed by atoms with van der Waals surface area (Å²) in [4.78, 5) is 31.4. The van der Waals surface area contributed by atoms with Gasteiger partial charge in [0.25, 0.3) is 0 Å². The Morgan fingerprint density at radius 2 is 1.69 bits per heavy atom. The number of nitrogens with zero attached hydrogens (tertiary/aromatic N) is 2. The number of benzene rings is 2. The maximum absolute atomic E-state index is 13.7. The number of methoxy groups -OCH3 is 3. The molecular formula is C31H38N2O5S. The van der Waals surface area contributed by atoms with E-state index in [9.17, 15) is 9.59 Å². The van der Waals surface area contributed by atoms with Crippen LogP contribution in [-0.2, 0) is 27.3 Å². The normalized spacial score (nSPS) is 11.0. The van der Waals surface area contributed by atoms with Crippen LogP contribution in [0.1, 0.15) is 28.0 Å². The summed E-state index contributed by atoms with van der Waals surface area (Å²) < 4.78 is 16.0. The molecule has 0 spiro atoms. The van der Waals surface area contributed by atoms with E-state index >= 15 is 0 Å². The van der Waals surface area contributed by atoms with E-state index in [1.54, 1.807) is 43.6 Å². The van der Waals surface area contributed by atoms with Crippen LogP contribution in [0, 0.1) is 6.92 Å². The zero-order chi connectivity index (χ0) is 28.0. The van der Waals surface area contributed by atoms with Gasteiger partial charge in [0.1, 0.15) is 6.54 Å². The summed E-state index contributed by atoms with van der Waals surface area (Å²) >= 11 is 1.64. The summed E-state index contributed by atoms with van der Waals surface area (Å²) in [5.74, 6) is 1.02. The number of hydrogen-bond acceptors (Lipinski definition) is 6. The van der Waals surface area contributed by atoms with Crippen molar-refractivity contribution in [2.75, 3.05) is 47.6 Å². The molecule has 2 aromatic carbocycles. The van der Waals surface area contributed by atoms with Crippen molar-refractivity contribution in [3.63, 3.8) is 0 Å². The first kappa shape index (κ1) is 29.9. The van der Waals surface area contributed by atoms with E-state index in [2.05, 4.69) is 13.0 Å². The molecule has 1 heterocycles. The topological polar surface area (TPSA) is 68.3 Å². The Kier molecular flexibility index (Phi) is 12.1. The Morgan fingerprint density at radius 3 is 2.36 bits per heavy atom. The van der Waals surface area contributed by atoms with Gasteiger partial charge in [-0.15, -0.1) is 11.3 Å². The highest BCUT2D eigenvalue weighted by molar-refractivity contribution is 7.10. The van der Waals surface area contributed by atoms with Crippen molar-refractivity contribution in [2.45, 2.75) is 26.3 Å². The molecule has 0 saturated heterocycles. The Labute approximate surface area is 235 Å². The number of carbonyl (C=O) groups is 2. The zero-order valence-electron chi connectivity index (χ0n) is 23.2. The van der Waals surface area contributed by atoms with Crippen molar-refractivity contribution >= 4 is 29.2 Å². The van der Waals surface area contributed by atoms with E-state index < -0.39 is 0 Å². The molecule has 0 N–H and O–H groups in total. The van der Waals surface area contributed by atoms with Gasteiger partial charge in [0.05, 0.1) is 20.8 Å². The van der Waals surface area contributed by atoms with Crippen molar-refractivity contribution in [2.24, 2.45) is 0 Å². The third-order valence-corrected chi connectivity index (χ3v) is 7.41. The van der Waals surface area contributed by atoms with Gasteiger partial charge >= 0.3 is 0 Å². The van der Waals surface area contributed by atoms with Gasteiger partial charge in [-0.2, -0.15) is 0 Å². The van der Waals surface area contributed by atoms with Crippen LogP contribution in [0.2, 0.25) is 0 Å². The van der Waals surface area contributed by atoms with Gasteiger partial charge in [-0.1, -0.05) is 36.4 Å². The number of ether oxygens (including phenoxy) is 3. The second-order valence-corrected chi connectivity index (χ2v) is 10.1. The number of aryl methyl sites for hydroxylation is 1. The number of thiophene rings is 1. The average Bonchev–Trinajstić information content (AvgIpc) is 3.37. The minimum Gasteiger partial charge on any atom is -0.493 e. The second kappa shape index (κ2) is 15.7. The Balaban J connectivity index is 1.76. The van der Waals surface area contributed by atoms with Crippen LogP contribution in [0.3, 0.4) is 0 Å². The van der Waals surface area contributed by atoms with Gasteiger partial charge in [0, 0.05) is 37.8 Å². The van der Waals surface area contributed by atoms with Gasteiger partial charge in [-0.05, 0) is 66.1 Å². The van der Waals surface area contributed by atoms with Gasteiger partial charge < -0.3 is 24.0 Å². The summed E-state index contributed by atoms with van der Waals surface area (Å²) in [5, 5.41) is 2.04. The number of carbonyl (C=O) groups excluding carboxylic acids is 2. The highest BCUT2D eigenvalue weighted by Crippen LogP contribution is 2.28. The molecule has 3 aromatic rings. The molecule has 3 rings (SSSR count). The largest absolute Gasteiger partial charge is 0.493 e. The number of amides is 2. The SMILES string of the molecule is COCCCN(CC(=O)N(CCc1ccc(OC)c(OC)c1)Cc1sccc1C)C(=O)/C=C/c1ccccc1. The van der Waals surface area contributed by atoms with E-state index in [4.69, 9.17) is 14.2 Å². The van der Waals surface area contributed by atoms with Crippen molar-refractivity contribution in [1.29, 1.82) is 0 Å². The van der Waals surface area contributed by atoms with Crippen LogP contribution < -0.4 is 9.47 Å². The van der Waals surface area contributed by atoms with Gasteiger partial charge in [-0.3, -0.25) is 9.59 Å². The lowest BCUT2D eigenvalue weighted by Crippen LogP contribution is -2.43. The monoisotopic (exact) mass is 550 g/mol. The molecule has 2 amide bonds. The molecule has 0 aliphatic carbocycles. The molecule has 0 radical (unpaired) electrons. The van der Waals surface area contributed by atoms with Crippen LogP contribution in [0.15, 0.2) is 66.1 Å². The molecule has 0 aliphatic heterocycles. The predicted molar refractivity (Wildman–Crippen MR) is 156 cm³/mol. The van der Waals surface area contributed by atoms with Crippen LogP contribution in [0.25, 0.3) is 6.08 Å². The van der Waals surface area contributed by atoms with Gasteiger partial charge in [0.15, 0.2) is 11.5 Å². The molecule has 0 fully saturated rings. The van der Waals surface area contributed by atoms with Gasteiger partial charge in [-0.25, -0.2) is 0 Å². The molecule has 0 aliphatic rings. The molecule has 1 aromatic heterocycles. The summed E-state index contributed by atoms with van der Waals surface area (Å²) in [5.41, 5.74) is 3.12. The third kappa shape index (κ3) is 9.26. The molecule has 8 heteroatoms. The molecule has 7 nitrogen and oxygen atoms in total. The Hall–Kier alpha value is -3.62. The van der Waals surface area contributed by atoms with E-state index in [-0.39, 0.29) is 18.4 Å². The van der Waals surface area contributed by atoms with Crippen LogP contribution >= 0.6 is 11.3 Å². The Bertz CT molecular complexity index is 1220. The lowest BCUT2D eigenvalue weighted by Gasteiger charge is -2.27. The van der Waals surface area contributed by atoms with E-state index in [0.29, 0.717) is 50.6 Å². The first-order chi connectivity index (χ1) is 18.9. The van der Waals surface area contributed by atoms with Crippen molar-refractivity contribution in [3.05, 3.63) is 87.6 Å². The fourth-order valence-electron chi connectivity index (χ4n) is 4.10. The van der Waals surface area contributed by atoms with Crippen molar-refractivity contribution in [1.82, 2.24) is 9.80 Å². The van der Waals surface area contributed by atoms with Crippen LogP contribution in [-0.4, -0.2) is 69.2 Å². The zero-order valence-corrected chi connectivity index (χ0v) is 24.0. The predicted octanol–water partition coefficient (Wildman–Crippen LogP) is 5.22. The molecule has 208 valence electrons. The van der Waals surface area contributed by atoms with Crippen LogP contribution in [0.4, 0.5) is 0 Å². The Morgan fingerprint density at radius 1 is 0.923 bits per heavy atom. The lowest BCUT2D eigenvalue weighted by atomic mass is 10.1. The maximum Gasteiger partial charge on any atom is 0.247 e. The number of rotatable bonds is 15. The summed E-state index contributed by atoms with van der Waals surface area (Å²) in [6, 6.07) is 17.5. The summed E-state index contributed by atoms with van der Waals surface area (Å²) in [6.45, 7) is 3.99. The standard InChI is InChI=1S/C31H38N2O5S/c1-24-16-20-39-29(24)22-33(18-15-26-11-13-27(37-3)28(21-26)38-4)31(35)23-32(17-8-19-36-2)30(34)14-12-25-9-6-5-7-10-25/h5-7,9-14,16,20-21H,8,15,17-19,22-23H2,1-4H3/b14-12+. The fourth-order valence-corrected chi connectivity index (χ4v) is 5.02. The molecule has 0 unspecified atom stereocenters. The summed E-state index contributed by atoms with van der Waals surface area (Å²) in [7, 11) is 4.85. The van der Waals surface area contributed by atoms with E-state index in [1.165, 1.54) is 6.08 Å². The average molecular weight is 551 g/mol. The van der Waals surface area contributed by atoms with Crippen molar-refractivity contribution < 1.29 is 23.8 Å². The lowest BCUT2D eigenvalue weighted by molar-refractivity contribution is -0.138. The van der Waals surface area contributed by atoms with Gasteiger partial charge in [0.2, 0.25) is 11.8 Å². The van der Waals surface area contributed by atoms with E-state index in [0.717, 1.165) is 21.6 Å². The van der Waals surface area contributed by atoms with Crippen LogP contribution in [0.5, 0.6) is 11.5 Å². The second-order valence-electron chi connectivity index (χ2n) is 9.13. The molecule has 0 atom stereocenters. The smallest absolute Gasteiger partial charge is 0.247 e.